The van der Waals surface area contributed by atoms with E-state index in [9.17, 15) is 0 Å². The van der Waals surface area contributed by atoms with Crippen LogP contribution in [0.1, 0.15) is 53.9 Å². The van der Waals surface area contributed by atoms with Crippen molar-refractivity contribution in [3.8, 4) is 11.1 Å². The van der Waals surface area contributed by atoms with Crippen LogP contribution in [0, 0.1) is 16.7 Å². The Balaban J connectivity index is 1.34. The largest absolute Gasteiger partial charge is 0.413 e. The third-order valence-corrected chi connectivity index (χ3v) is 30.1. The molecule has 0 spiro atoms. The molecule has 8 aromatic carbocycles. The Morgan fingerprint density at radius 1 is 0.594 bits per heavy atom. The van der Waals surface area contributed by atoms with Gasteiger partial charge in [-0.25, -0.2) is 8.42 Å². The lowest BCUT2D eigenvalue weighted by atomic mass is 9.70. The van der Waals surface area contributed by atoms with Crippen LogP contribution >= 0.6 is 14.2 Å². The highest BCUT2D eigenvalue weighted by Gasteiger charge is 2.67. The van der Waals surface area contributed by atoms with Crippen molar-refractivity contribution in [2.45, 2.75) is 78.1 Å². The van der Waals surface area contributed by atoms with Crippen LogP contribution in [0.4, 0.5) is 0 Å². The molecule has 3 atom stereocenters. The van der Waals surface area contributed by atoms with Crippen molar-refractivity contribution in [3.63, 3.8) is 0 Å². The summed E-state index contributed by atoms with van der Waals surface area (Å²) in [6.07, 6.45) is 2.40. The van der Waals surface area contributed by atoms with Gasteiger partial charge in [-0.2, -0.15) is 4.15 Å². The standard InChI is InChI=1S/C60H63NO4P2SSi/c1-58(2,3)69(6,7)65-55-42-46-40-41-60(55,59(46,4)5)43-68(63,64)61-66(47-26-12-8-13-27-47,48-28-14-9-15-29-48)53-38-36-44-24-20-22-34-51(44)56(53)57-52-35-23-21-25-45(52)37-39-54(57)67(62,49-30-16-10-17-31-49)50-32-18-11-19-33-50/h8-39,46,55H,40-43H2,1-7H3/t46-,55-,60-/m1/s1. The van der Waals surface area contributed by atoms with Crippen molar-refractivity contribution in [2.24, 2.45) is 20.9 Å². The van der Waals surface area contributed by atoms with Gasteiger partial charge in [0.15, 0.2) is 15.5 Å². The molecule has 0 unspecified atom stereocenters. The molecule has 2 saturated carbocycles. The lowest BCUT2D eigenvalue weighted by Gasteiger charge is -2.47. The summed E-state index contributed by atoms with van der Waals surface area (Å²) in [5, 5.41) is 8.38. The minimum Gasteiger partial charge on any atom is -0.413 e. The summed E-state index contributed by atoms with van der Waals surface area (Å²) < 4.78 is 62.3. The highest BCUT2D eigenvalue weighted by Crippen LogP contribution is 2.68. The lowest BCUT2D eigenvalue weighted by Crippen LogP contribution is -2.52. The SMILES string of the molecule is CC1(C)[C@@H]2CC[C@@]1(CS(=O)(=O)N=P(c1ccccc1)(c1ccccc1)c1ccc3ccccc3c1-c1c(P(=O)(c3ccccc3)c3ccccc3)ccc3ccccc13)[C@H](O[Si](C)(C)C(C)(C)C)C2. The number of hydrogen-bond acceptors (Lipinski definition) is 4. The van der Waals surface area contributed by atoms with E-state index in [0.717, 1.165) is 78.5 Å². The zero-order valence-electron chi connectivity index (χ0n) is 40.8. The first kappa shape index (κ1) is 47.5. The van der Waals surface area contributed by atoms with Crippen LogP contribution in [0.2, 0.25) is 18.1 Å². The number of nitrogens with zero attached hydrogens (tertiary/aromatic N) is 1. The molecule has 69 heavy (non-hydrogen) atoms. The molecule has 0 aromatic heterocycles. The van der Waals surface area contributed by atoms with Crippen molar-refractivity contribution in [2.75, 3.05) is 5.75 Å². The summed E-state index contributed by atoms with van der Waals surface area (Å²) in [5.41, 5.74) is 0.736. The Hall–Kier alpha value is -5.13. The molecule has 352 valence electrons. The highest BCUT2D eigenvalue weighted by molar-refractivity contribution is 7.99. The summed E-state index contributed by atoms with van der Waals surface area (Å²) in [7, 11) is -13.8. The predicted molar refractivity (Wildman–Crippen MR) is 297 cm³/mol. The van der Waals surface area contributed by atoms with E-state index in [4.69, 9.17) is 8.58 Å². The van der Waals surface area contributed by atoms with Gasteiger partial charge < -0.3 is 8.99 Å². The number of fused-ring (bicyclic) bond motifs is 4. The molecule has 5 nitrogen and oxygen atoms in total. The van der Waals surface area contributed by atoms with E-state index in [0.29, 0.717) is 11.2 Å². The maximum Gasteiger partial charge on any atom is 0.253 e. The second-order valence-electron chi connectivity index (χ2n) is 21.5. The van der Waals surface area contributed by atoms with Crippen LogP contribution in [0.5, 0.6) is 0 Å². The van der Waals surface area contributed by atoms with Crippen molar-refractivity contribution >= 4 is 85.9 Å². The summed E-state index contributed by atoms with van der Waals surface area (Å²) >= 11 is 0. The van der Waals surface area contributed by atoms with E-state index < -0.39 is 38.0 Å². The minimum absolute atomic E-state index is 0.0390. The van der Waals surface area contributed by atoms with Crippen molar-refractivity contribution in [1.82, 2.24) is 0 Å². The van der Waals surface area contributed by atoms with Crippen molar-refractivity contribution < 1.29 is 17.4 Å². The number of hydrogen-bond donors (Lipinski definition) is 0. The molecule has 0 radical (unpaired) electrons. The Kier molecular flexibility index (Phi) is 12.1. The topological polar surface area (TPSA) is 72.8 Å². The Bertz CT molecular complexity index is 3340. The van der Waals surface area contributed by atoms with Gasteiger partial charge in [0.1, 0.15) is 0 Å². The number of benzene rings is 8. The van der Waals surface area contributed by atoms with Crippen LogP contribution < -0.4 is 31.8 Å². The summed E-state index contributed by atoms with van der Waals surface area (Å²) in [6.45, 7) is 15.9. The second kappa shape index (κ2) is 17.6. The van der Waals surface area contributed by atoms with Gasteiger partial charge in [-0.1, -0.05) is 223 Å². The molecule has 0 amide bonds. The van der Waals surface area contributed by atoms with E-state index in [1.807, 2.05) is 121 Å². The Morgan fingerprint density at radius 3 is 1.48 bits per heavy atom. The molecule has 0 N–H and O–H groups in total. The number of rotatable bonds is 12. The smallest absolute Gasteiger partial charge is 0.253 e. The molecule has 8 aromatic rings. The molecule has 10 rings (SSSR count). The van der Waals surface area contributed by atoms with Gasteiger partial charge in [-0.15, -0.1) is 0 Å². The molecule has 2 bridgehead atoms. The van der Waals surface area contributed by atoms with Crippen LogP contribution in [0.3, 0.4) is 0 Å². The minimum atomic E-state index is -4.27. The fourth-order valence-electron chi connectivity index (χ4n) is 11.7. The van der Waals surface area contributed by atoms with E-state index in [1.165, 1.54) is 0 Å². The normalized spacial score (nSPS) is 19.5. The molecule has 2 aliphatic carbocycles. The van der Waals surface area contributed by atoms with Crippen molar-refractivity contribution in [3.05, 3.63) is 194 Å². The van der Waals surface area contributed by atoms with E-state index in [1.54, 1.807) is 0 Å². The predicted octanol–water partition coefficient (Wildman–Crippen LogP) is 13.3. The second-order valence-corrected chi connectivity index (χ2v) is 33.9. The summed E-state index contributed by atoms with van der Waals surface area (Å²) in [4.78, 5) is 0. The molecular formula is C60H63NO4P2SSi. The average molecular weight is 984 g/mol. The van der Waals surface area contributed by atoms with Gasteiger partial charge in [0.2, 0.25) is 0 Å². The zero-order valence-corrected chi connectivity index (χ0v) is 44.4. The monoisotopic (exact) mass is 983 g/mol. The molecule has 0 saturated heterocycles. The van der Waals surface area contributed by atoms with Crippen LogP contribution in [-0.2, 0) is 19.0 Å². The fraction of sp³-hybridized carbons (Fsp3) is 0.267. The third kappa shape index (κ3) is 7.88. The highest BCUT2D eigenvalue weighted by atomic mass is 32.2. The van der Waals surface area contributed by atoms with Gasteiger partial charge in [0.05, 0.1) is 18.9 Å². The quantitative estimate of drug-likeness (QED) is 0.0903. The van der Waals surface area contributed by atoms with Crippen LogP contribution in [0.15, 0.2) is 198 Å². The van der Waals surface area contributed by atoms with Crippen LogP contribution in [-0.4, -0.2) is 28.6 Å². The molecular weight excluding hydrogens is 921 g/mol. The summed E-state index contributed by atoms with van der Waals surface area (Å²) in [6, 6.07) is 64.9. The van der Waals surface area contributed by atoms with Gasteiger partial charge in [-0.05, 0) is 76.3 Å². The Labute approximate surface area is 411 Å². The van der Waals surface area contributed by atoms with E-state index >= 15 is 13.0 Å². The van der Waals surface area contributed by atoms with Crippen LogP contribution in [0.25, 0.3) is 32.7 Å². The summed E-state index contributed by atoms with van der Waals surface area (Å²) in [5.74, 6) is 0.246. The van der Waals surface area contributed by atoms with Gasteiger partial charge in [0, 0.05) is 48.4 Å². The maximum atomic E-state index is 16.9. The Morgan fingerprint density at radius 2 is 1.01 bits per heavy atom. The molecule has 2 fully saturated rings. The first-order valence-corrected chi connectivity index (χ1v) is 32.3. The number of sulfonamides is 1. The fourth-order valence-corrected chi connectivity index (χ4v) is 23.1. The average Bonchev–Trinajstić information content (AvgIpc) is 3.70. The maximum absolute atomic E-state index is 16.9. The first-order valence-electron chi connectivity index (χ1n) is 24.3. The molecule has 9 heteroatoms. The van der Waals surface area contributed by atoms with Gasteiger partial charge in [-0.3, -0.25) is 0 Å². The molecule has 2 aliphatic rings. The van der Waals surface area contributed by atoms with Gasteiger partial charge >= 0.3 is 0 Å². The molecule has 0 aliphatic heterocycles. The first-order chi connectivity index (χ1) is 32.9. The van der Waals surface area contributed by atoms with Crippen molar-refractivity contribution in [1.29, 1.82) is 0 Å². The molecule has 0 heterocycles. The van der Waals surface area contributed by atoms with E-state index in [2.05, 4.69) is 121 Å². The van der Waals surface area contributed by atoms with E-state index in [-0.39, 0.29) is 22.3 Å². The lowest BCUT2D eigenvalue weighted by molar-refractivity contribution is 0.0237. The zero-order chi connectivity index (χ0) is 48.5. The van der Waals surface area contributed by atoms with Gasteiger partial charge in [0.25, 0.3) is 10.0 Å². The third-order valence-electron chi connectivity index (χ3n) is 16.5.